The van der Waals surface area contributed by atoms with E-state index in [9.17, 15) is 4.79 Å². The van der Waals surface area contributed by atoms with Gasteiger partial charge in [0.2, 0.25) is 5.91 Å². The highest BCUT2D eigenvalue weighted by atomic mass is 79.9. The monoisotopic (exact) mass is 265 g/mol. The Labute approximate surface area is 95.4 Å². The topological polar surface area (TPSA) is 70.1 Å². The van der Waals surface area contributed by atoms with Crippen molar-refractivity contribution in [3.05, 3.63) is 28.2 Å². The molecule has 1 heterocycles. The zero-order valence-corrected chi connectivity index (χ0v) is 9.36. The van der Waals surface area contributed by atoms with Gasteiger partial charge >= 0.3 is 0 Å². The summed E-state index contributed by atoms with van der Waals surface area (Å²) in [6.07, 6.45) is 0. The largest absolute Gasteiger partial charge is 0.316 e. The summed E-state index contributed by atoms with van der Waals surface area (Å²) in [7, 11) is 0. The highest BCUT2D eigenvalue weighted by molar-refractivity contribution is 9.10. The lowest BCUT2D eigenvalue weighted by Gasteiger charge is -2.12. The fourth-order valence-electron chi connectivity index (χ4n) is 1.67. The van der Waals surface area contributed by atoms with Crippen molar-refractivity contribution in [3.8, 4) is 6.07 Å². The molecule has 4 nitrogen and oxygen atoms in total. The number of nitriles is 1. The van der Waals surface area contributed by atoms with Crippen LogP contribution < -0.4 is 10.6 Å². The molecule has 1 aliphatic heterocycles. The van der Waals surface area contributed by atoms with E-state index in [2.05, 4.69) is 15.9 Å². The first kappa shape index (κ1) is 10.1. The third-order valence-electron chi connectivity index (χ3n) is 2.38. The first-order valence-electron chi connectivity index (χ1n) is 4.38. The van der Waals surface area contributed by atoms with Crippen LogP contribution in [0.3, 0.4) is 0 Å². The zero-order valence-electron chi connectivity index (χ0n) is 7.77. The number of benzene rings is 1. The number of carbonyl (C=O) groups is 1. The average Bonchev–Trinajstić information content (AvgIpc) is 2.44. The van der Waals surface area contributed by atoms with Crippen molar-refractivity contribution in [2.45, 2.75) is 6.04 Å². The predicted molar refractivity (Wildman–Crippen MR) is 59.0 cm³/mol. The van der Waals surface area contributed by atoms with Crippen LogP contribution in [0.25, 0.3) is 0 Å². The van der Waals surface area contributed by atoms with Crippen LogP contribution in [0.15, 0.2) is 22.7 Å². The van der Waals surface area contributed by atoms with Crippen LogP contribution in [0.1, 0.15) is 11.6 Å². The van der Waals surface area contributed by atoms with Crippen LogP contribution in [-0.2, 0) is 4.79 Å². The molecule has 0 saturated heterocycles. The minimum absolute atomic E-state index is 0.0377. The average molecular weight is 266 g/mol. The van der Waals surface area contributed by atoms with E-state index in [4.69, 9.17) is 11.0 Å². The molecule has 0 saturated carbocycles. The van der Waals surface area contributed by atoms with Crippen molar-refractivity contribution < 1.29 is 4.79 Å². The number of nitrogens with two attached hydrogens (primary N) is 1. The van der Waals surface area contributed by atoms with Crippen LogP contribution in [0, 0.1) is 11.3 Å². The van der Waals surface area contributed by atoms with Gasteiger partial charge in [-0.15, -0.1) is 0 Å². The Morgan fingerprint density at radius 1 is 1.60 bits per heavy atom. The highest BCUT2D eigenvalue weighted by Crippen LogP contribution is 2.35. The maximum absolute atomic E-state index is 11.7. The normalized spacial score (nSPS) is 18.9. The molecule has 1 aromatic carbocycles. The Bertz CT molecular complexity index is 466. The molecule has 0 radical (unpaired) electrons. The molecule has 2 rings (SSSR count). The Morgan fingerprint density at radius 3 is 3.00 bits per heavy atom. The molecule has 1 aliphatic rings. The van der Waals surface area contributed by atoms with Crippen molar-refractivity contribution in [1.82, 2.24) is 0 Å². The van der Waals surface area contributed by atoms with Gasteiger partial charge in [0.05, 0.1) is 11.8 Å². The Kier molecular flexibility index (Phi) is 2.47. The van der Waals surface area contributed by atoms with Gasteiger partial charge in [-0.3, -0.25) is 9.69 Å². The lowest BCUT2D eigenvalue weighted by atomic mass is 10.1. The van der Waals surface area contributed by atoms with Gasteiger partial charge in [-0.1, -0.05) is 22.0 Å². The van der Waals surface area contributed by atoms with Crippen LogP contribution in [0.5, 0.6) is 0 Å². The predicted octanol–water partition coefficient (Wildman–Crippen LogP) is 1.32. The molecular formula is C10H8BrN3O. The molecule has 76 valence electrons. The van der Waals surface area contributed by atoms with Gasteiger partial charge in [-0.25, -0.2) is 0 Å². The number of amides is 1. The van der Waals surface area contributed by atoms with Crippen molar-refractivity contribution in [2.24, 2.45) is 5.73 Å². The van der Waals surface area contributed by atoms with Gasteiger partial charge in [0, 0.05) is 10.0 Å². The van der Waals surface area contributed by atoms with Crippen LogP contribution >= 0.6 is 15.9 Å². The standard InChI is InChI=1S/C10H8BrN3O/c11-6-1-2-7-8(5-6)14(4-3-12)10(15)9(7)13/h1-2,5,9H,4,13H2. The van der Waals surface area contributed by atoms with Gasteiger partial charge in [0.15, 0.2) is 0 Å². The number of fused-ring (bicyclic) bond motifs is 1. The maximum atomic E-state index is 11.7. The fraction of sp³-hybridized carbons (Fsp3) is 0.200. The molecule has 5 heteroatoms. The summed E-state index contributed by atoms with van der Waals surface area (Å²) in [4.78, 5) is 13.1. The van der Waals surface area contributed by atoms with E-state index in [0.29, 0.717) is 0 Å². The quantitative estimate of drug-likeness (QED) is 0.779. The number of nitrogens with zero attached hydrogens (tertiary/aromatic N) is 2. The van der Waals surface area contributed by atoms with Gasteiger partial charge in [0.1, 0.15) is 12.6 Å². The molecule has 1 aromatic rings. The van der Waals surface area contributed by atoms with E-state index in [1.54, 1.807) is 12.1 Å². The molecule has 2 N–H and O–H groups in total. The van der Waals surface area contributed by atoms with E-state index in [-0.39, 0.29) is 12.5 Å². The van der Waals surface area contributed by atoms with Gasteiger partial charge < -0.3 is 5.73 Å². The van der Waals surface area contributed by atoms with E-state index in [1.807, 2.05) is 12.1 Å². The smallest absolute Gasteiger partial charge is 0.249 e. The number of rotatable bonds is 1. The molecule has 0 spiro atoms. The molecule has 0 fully saturated rings. The molecule has 1 atom stereocenters. The molecule has 1 amide bonds. The molecule has 15 heavy (non-hydrogen) atoms. The molecule has 0 bridgehead atoms. The summed E-state index contributed by atoms with van der Waals surface area (Å²) in [6, 6.07) is 6.76. The first-order chi connectivity index (χ1) is 7.15. The van der Waals surface area contributed by atoms with Crippen molar-refractivity contribution >= 4 is 27.5 Å². The number of hydrogen-bond acceptors (Lipinski definition) is 3. The second-order valence-corrected chi connectivity index (χ2v) is 4.18. The molecule has 0 aromatic heterocycles. The van der Waals surface area contributed by atoms with Crippen LogP contribution in [0.4, 0.5) is 5.69 Å². The van der Waals surface area contributed by atoms with Crippen LogP contribution in [0.2, 0.25) is 0 Å². The highest BCUT2D eigenvalue weighted by Gasteiger charge is 2.34. The van der Waals surface area contributed by atoms with E-state index < -0.39 is 6.04 Å². The van der Waals surface area contributed by atoms with E-state index >= 15 is 0 Å². The molecular weight excluding hydrogens is 258 g/mol. The summed E-state index contributed by atoms with van der Waals surface area (Å²) in [5.74, 6) is -0.218. The maximum Gasteiger partial charge on any atom is 0.249 e. The lowest BCUT2D eigenvalue weighted by molar-refractivity contribution is -0.119. The molecule has 1 unspecified atom stereocenters. The SMILES string of the molecule is N#CCN1C(=O)C(N)c2ccc(Br)cc21. The van der Waals surface area contributed by atoms with E-state index in [1.165, 1.54) is 4.90 Å². The fourth-order valence-corrected chi connectivity index (χ4v) is 2.02. The first-order valence-corrected chi connectivity index (χ1v) is 5.18. The number of anilines is 1. The van der Waals surface area contributed by atoms with Crippen LogP contribution in [-0.4, -0.2) is 12.5 Å². The second-order valence-electron chi connectivity index (χ2n) is 3.26. The third-order valence-corrected chi connectivity index (χ3v) is 2.87. The number of halogens is 1. The summed E-state index contributed by atoms with van der Waals surface area (Å²) in [5.41, 5.74) is 7.25. The number of carbonyl (C=O) groups excluding carboxylic acids is 1. The number of hydrogen-bond donors (Lipinski definition) is 1. The van der Waals surface area contributed by atoms with Crippen molar-refractivity contribution in [3.63, 3.8) is 0 Å². The third kappa shape index (κ3) is 1.52. The summed E-state index contributed by atoms with van der Waals surface area (Å²) in [6.45, 7) is 0.0377. The van der Waals surface area contributed by atoms with Gasteiger partial charge in [-0.2, -0.15) is 5.26 Å². The van der Waals surface area contributed by atoms with Gasteiger partial charge in [0.25, 0.3) is 0 Å². The summed E-state index contributed by atoms with van der Waals surface area (Å²) in [5, 5.41) is 8.63. The molecule has 0 aliphatic carbocycles. The minimum Gasteiger partial charge on any atom is -0.316 e. The summed E-state index contributed by atoms with van der Waals surface area (Å²) < 4.78 is 0.867. The van der Waals surface area contributed by atoms with Crippen molar-refractivity contribution in [1.29, 1.82) is 5.26 Å². The Balaban J connectivity index is 2.52. The zero-order chi connectivity index (χ0) is 11.0. The second kappa shape index (κ2) is 3.65. The Morgan fingerprint density at radius 2 is 2.33 bits per heavy atom. The van der Waals surface area contributed by atoms with E-state index in [0.717, 1.165) is 15.7 Å². The summed E-state index contributed by atoms with van der Waals surface area (Å²) >= 11 is 3.32. The van der Waals surface area contributed by atoms with Gasteiger partial charge in [-0.05, 0) is 12.1 Å². The Hall–Kier alpha value is -1.38. The minimum atomic E-state index is -0.638. The van der Waals surface area contributed by atoms with Crippen molar-refractivity contribution in [2.75, 3.05) is 11.4 Å². The lowest BCUT2D eigenvalue weighted by Crippen LogP contribution is -2.31.